The molecule has 0 aromatic rings. The van der Waals surface area contributed by atoms with Crippen LogP contribution >= 0.6 is 15.6 Å². The first-order chi connectivity index (χ1) is 42.9. The van der Waals surface area contributed by atoms with E-state index in [4.69, 9.17) is 37.0 Å². The lowest BCUT2D eigenvalue weighted by Gasteiger charge is -2.21. The van der Waals surface area contributed by atoms with Gasteiger partial charge >= 0.3 is 39.5 Å². The van der Waals surface area contributed by atoms with Crippen molar-refractivity contribution in [3.8, 4) is 0 Å². The van der Waals surface area contributed by atoms with Gasteiger partial charge in [0.05, 0.1) is 26.4 Å². The van der Waals surface area contributed by atoms with Crippen LogP contribution < -0.4 is 0 Å². The van der Waals surface area contributed by atoms with Crippen LogP contribution in [0.15, 0.2) is 0 Å². The van der Waals surface area contributed by atoms with Gasteiger partial charge in [0.1, 0.15) is 19.3 Å². The average molecular weight is 1310 g/mol. The van der Waals surface area contributed by atoms with Gasteiger partial charge < -0.3 is 33.8 Å². The molecule has 0 aromatic heterocycles. The summed E-state index contributed by atoms with van der Waals surface area (Å²) in [6, 6.07) is 0. The smallest absolute Gasteiger partial charge is 0.462 e. The van der Waals surface area contributed by atoms with Crippen molar-refractivity contribution in [3.63, 3.8) is 0 Å². The molecule has 0 saturated heterocycles. The van der Waals surface area contributed by atoms with Gasteiger partial charge in [0.15, 0.2) is 12.2 Å². The molecule has 0 aliphatic rings. The Morgan fingerprint density at radius 1 is 0.326 bits per heavy atom. The Balaban J connectivity index is 5.22. The molecule has 0 aliphatic heterocycles. The first-order valence-electron chi connectivity index (χ1n) is 36.5. The minimum absolute atomic E-state index is 0.107. The highest BCUT2D eigenvalue weighted by Gasteiger charge is 2.30. The van der Waals surface area contributed by atoms with E-state index in [9.17, 15) is 43.2 Å². The third-order valence-electron chi connectivity index (χ3n) is 16.6. The lowest BCUT2D eigenvalue weighted by atomic mass is 9.99. The second-order valence-corrected chi connectivity index (χ2v) is 28.9. The molecule has 0 aliphatic carbocycles. The predicted octanol–water partition coefficient (Wildman–Crippen LogP) is 20.0. The van der Waals surface area contributed by atoms with E-state index in [-0.39, 0.29) is 25.7 Å². The quantitative estimate of drug-likeness (QED) is 0.0222. The van der Waals surface area contributed by atoms with Crippen LogP contribution in [0.3, 0.4) is 0 Å². The molecule has 0 fully saturated rings. The van der Waals surface area contributed by atoms with Crippen LogP contribution in [0.1, 0.15) is 356 Å². The van der Waals surface area contributed by atoms with Crippen LogP contribution in [-0.4, -0.2) is 96.7 Å². The Hall–Kier alpha value is -1.94. The minimum atomic E-state index is -4.95. The van der Waals surface area contributed by atoms with Crippen LogP contribution in [0.4, 0.5) is 0 Å². The summed E-state index contributed by atoms with van der Waals surface area (Å²) in [5.41, 5.74) is 0. The van der Waals surface area contributed by atoms with E-state index in [2.05, 4.69) is 41.5 Å². The topological polar surface area (TPSA) is 237 Å². The number of aliphatic hydroxyl groups excluding tert-OH is 1. The van der Waals surface area contributed by atoms with Gasteiger partial charge in [-0.05, 0) is 37.5 Å². The second-order valence-electron chi connectivity index (χ2n) is 26.0. The molecule has 6 atom stereocenters. The number of aliphatic hydroxyl groups is 1. The number of unbranched alkanes of at least 4 members (excludes halogenated alkanes) is 38. The Morgan fingerprint density at radius 2 is 0.573 bits per heavy atom. The first kappa shape index (κ1) is 87.1. The van der Waals surface area contributed by atoms with Crippen molar-refractivity contribution in [2.24, 2.45) is 11.8 Å². The summed E-state index contributed by atoms with van der Waals surface area (Å²) >= 11 is 0. The maximum Gasteiger partial charge on any atom is 0.472 e. The van der Waals surface area contributed by atoms with E-state index in [1.54, 1.807) is 0 Å². The number of esters is 4. The molecule has 0 rings (SSSR count). The summed E-state index contributed by atoms with van der Waals surface area (Å²) in [7, 11) is -9.90. The molecule has 0 radical (unpaired) electrons. The van der Waals surface area contributed by atoms with E-state index in [0.717, 1.165) is 115 Å². The van der Waals surface area contributed by atoms with Crippen LogP contribution in [0.25, 0.3) is 0 Å². The largest absolute Gasteiger partial charge is 0.472 e. The maximum atomic E-state index is 13.0. The van der Waals surface area contributed by atoms with Gasteiger partial charge in [0.25, 0.3) is 0 Å². The highest BCUT2D eigenvalue weighted by Crippen LogP contribution is 2.45. The van der Waals surface area contributed by atoms with Crippen molar-refractivity contribution in [2.75, 3.05) is 39.6 Å². The first-order valence-corrected chi connectivity index (χ1v) is 39.5. The highest BCUT2D eigenvalue weighted by atomic mass is 31.2. The number of carbonyl (C=O) groups is 4. The zero-order valence-corrected chi connectivity index (χ0v) is 59.5. The zero-order chi connectivity index (χ0) is 65.7. The number of phosphoric acid groups is 2. The number of carbonyl (C=O) groups excluding carboxylic acids is 4. The van der Waals surface area contributed by atoms with E-state index >= 15 is 0 Å². The van der Waals surface area contributed by atoms with Gasteiger partial charge in [0.2, 0.25) is 0 Å². The molecule has 0 amide bonds. The van der Waals surface area contributed by atoms with Crippen molar-refractivity contribution in [2.45, 2.75) is 374 Å². The molecule has 0 spiro atoms. The van der Waals surface area contributed by atoms with E-state index < -0.39 is 97.5 Å². The fraction of sp³-hybridized carbons (Fsp3) is 0.943. The fourth-order valence-corrected chi connectivity index (χ4v) is 12.1. The monoisotopic (exact) mass is 1310 g/mol. The molecule has 3 N–H and O–H groups in total. The summed E-state index contributed by atoms with van der Waals surface area (Å²) in [6.07, 6.45) is 47.1. The van der Waals surface area contributed by atoms with Crippen molar-refractivity contribution in [1.82, 2.24) is 0 Å². The van der Waals surface area contributed by atoms with Gasteiger partial charge in [-0.2, -0.15) is 0 Å². The van der Waals surface area contributed by atoms with Crippen molar-refractivity contribution < 1.29 is 80.2 Å². The summed E-state index contributed by atoms with van der Waals surface area (Å²) in [4.78, 5) is 72.4. The van der Waals surface area contributed by atoms with Gasteiger partial charge in [-0.1, -0.05) is 305 Å². The third kappa shape index (κ3) is 63.2. The highest BCUT2D eigenvalue weighted by molar-refractivity contribution is 7.47. The van der Waals surface area contributed by atoms with Crippen molar-refractivity contribution in [1.29, 1.82) is 0 Å². The zero-order valence-electron chi connectivity index (χ0n) is 57.7. The number of hydrogen-bond acceptors (Lipinski definition) is 15. The fourth-order valence-electron chi connectivity index (χ4n) is 10.6. The molecule has 89 heavy (non-hydrogen) atoms. The Labute approximate surface area is 543 Å². The molecule has 528 valence electrons. The van der Waals surface area contributed by atoms with Crippen molar-refractivity contribution in [3.05, 3.63) is 0 Å². The summed E-state index contributed by atoms with van der Waals surface area (Å²) in [5, 5.41) is 10.6. The van der Waals surface area contributed by atoms with Crippen LogP contribution in [-0.2, 0) is 65.4 Å². The van der Waals surface area contributed by atoms with E-state index in [1.807, 2.05) is 0 Å². The molecular weight excluding hydrogens is 1170 g/mol. The number of phosphoric ester groups is 2. The van der Waals surface area contributed by atoms with E-state index in [0.29, 0.717) is 25.7 Å². The van der Waals surface area contributed by atoms with Crippen molar-refractivity contribution >= 4 is 39.5 Å². The number of rotatable bonds is 69. The molecule has 3 unspecified atom stereocenters. The molecule has 17 nitrogen and oxygen atoms in total. The summed E-state index contributed by atoms with van der Waals surface area (Å²) in [5.74, 6) is -0.541. The van der Waals surface area contributed by atoms with Crippen LogP contribution in [0, 0.1) is 11.8 Å². The SMILES string of the molecule is CCCCCCCCCCCCCCCC(=O)O[C@H](COC(=O)CCCCCCCCC)COP(=O)(O)OC[C@H](O)COP(=O)(O)OC[C@@H](COC(=O)CCCCCCCCCCCCC(C)CC)OC(=O)CCCCCCCCCCCCCCC(C)C. The minimum Gasteiger partial charge on any atom is -0.462 e. The summed E-state index contributed by atoms with van der Waals surface area (Å²) < 4.78 is 68.2. The Kier molecular flexibility index (Phi) is 60.8. The molecule has 0 bridgehead atoms. The third-order valence-corrected chi connectivity index (χ3v) is 18.5. The van der Waals surface area contributed by atoms with Gasteiger partial charge in [-0.15, -0.1) is 0 Å². The predicted molar refractivity (Wildman–Crippen MR) is 358 cm³/mol. The Morgan fingerprint density at radius 3 is 0.854 bits per heavy atom. The molecule has 0 aromatic carbocycles. The van der Waals surface area contributed by atoms with E-state index in [1.165, 1.54) is 161 Å². The summed E-state index contributed by atoms with van der Waals surface area (Å²) in [6.45, 7) is 9.55. The van der Waals surface area contributed by atoms with Crippen LogP contribution in [0.5, 0.6) is 0 Å². The molecule has 0 saturated carbocycles. The lowest BCUT2D eigenvalue weighted by Crippen LogP contribution is -2.30. The standard InChI is InChI=1S/C70H136O17P2/c1-7-10-12-14-16-17-18-19-23-30-36-42-48-54-69(74)86-65(58-80-67(72)52-46-40-32-15-13-11-8-2)60-84-88(76,77)82-56-64(71)57-83-89(78,79)85-61-66(59-81-68(73)53-47-41-35-29-26-25-28-34-39-45-51-63(6)9-3)87-70(75)55-49-43-37-31-24-21-20-22-27-33-38-44-50-62(4)5/h62-66,71H,7-61H2,1-6H3,(H,76,77)(H,78,79)/t63?,64-,65+,66+/m0/s1. The lowest BCUT2D eigenvalue weighted by molar-refractivity contribution is -0.161. The van der Waals surface area contributed by atoms with Crippen LogP contribution in [0.2, 0.25) is 0 Å². The van der Waals surface area contributed by atoms with Gasteiger partial charge in [-0.3, -0.25) is 37.3 Å². The number of ether oxygens (including phenoxy) is 4. The molecule has 0 heterocycles. The molecule has 19 heteroatoms. The normalized spacial score (nSPS) is 14.4. The van der Waals surface area contributed by atoms with Gasteiger partial charge in [-0.25, -0.2) is 9.13 Å². The Bertz CT molecular complexity index is 1740. The molecular formula is C70H136O17P2. The second kappa shape index (κ2) is 62.2. The number of hydrogen-bond donors (Lipinski definition) is 3. The maximum absolute atomic E-state index is 13.0. The van der Waals surface area contributed by atoms with Gasteiger partial charge in [0, 0.05) is 25.7 Å². The average Bonchev–Trinajstić information content (AvgIpc) is 3.69.